The van der Waals surface area contributed by atoms with Crippen molar-refractivity contribution in [3.05, 3.63) is 53.6 Å². The van der Waals surface area contributed by atoms with Gasteiger partial charge in [0.1, 0.15) is 5.75 Å². The fraction of sp³-hybridized carbons (Fsp3) is 0.350. The molecule has 1 saturated carbocycles. The molecule has 0 aromatic heterocycles. The van der Waals surface area contributed by atoms with E-state index in [1.165, 1.54) is 7.11 Å². The topological polar surface area (TPSA) is 56.8 Å². The van der Waals surface area contributed by atoms with Crippen molar-refractivity contribution in [3.63, 3.8) is 0 Å². The summed E-state index contributed by atoms with van der Waals surface area (Å²) in [7, 11) is 4.63. The summed E-state index contributed by atoms with van der Waals surface area (Å²) < 4.78 is 16.0. The minimum absolute atomic E-state index is 0.00602. The number of carbonyl (C=O) groups is 1. The Kier molecular flexibility index (Phi) is 5.12. The van der Waals surface area contributed by atoms with E-state index in [1.807, 2.05) is 18.2 Å². The summed E-state index contributed by atoms with van der Waals surface area (Å²) in [5.41, 5.74) is 1.56. The van der Waals surface area contributed by atoms with E-state index in [-0.39, 0.29) is 11.9 Å². The third-order valence-corrected chi connectivity index (χ3v) is 4.49. The van der Waals surface area contributed by atoms with Gasteiger partial charge in [-0.1, -0.05) is 30.3 Å². The molecule has 1 N–H and O–H groups in total. The maximum Gasteiger partial charge on any atom is 0.255 e. The molecule has 1 aliphatic carbocycles. The summed E-state index contributed by atoms with van der Waals surface area (Å²) in [6.07, 6.45) is 2.26. The number of nitrogens with one attached hydrogen (secondary N) is 1. The molecule has 0 unspecified atom stereocenters. The third kappa shape index (κ3) is 3.71. The largest absolute Gasteiger partial charge is 0.496 e. The Morgan fingerprint density at radius 3 is 2.12 bits per heavy atom. The van der Waals surface area contributed by atoms with Gasteiger partial charge in [0.05, 0.1) is 32.9 Å². The summed E-state index contributed by atoms with van der Waals surface area (Å²) in [6, 6.07) is 13.4. The van der Waals surface area contributed by atoms with E-state index in [2.05, 4.69) is 17.4 Å². The predicted molar refractivity (Wildman–Crippen MR) is 95.5 cm³/mol. The molecule has 132 valence electrons. The van der Waals surface area contributed by atoms with Crippen molar-refractivity contribution in [3.8, 4) is 17.2 Å². The Balaban J connectivity index is 1.89. The van der Waals surface area contributed by atoms with Crippen LogP contribution in [0.1, 0.15) is 34.8 Å². The van der Waals surface area contributed by atoms with Gasteiger partial charge < -0.3 is 19.5 Å². The fourth-order valence-electron chi connectivity index (χ4n) is 2.99. The van der Waals surface area contributed by atoms with Crippen LogP contribution >= 0.6 is 0 Å². The summed E-state index contributed by atoms with van der Waals surface area (Å²) in [5, 5.41) is 3.16. The van der Waals surface area contributed by atoms with Gasteiger partial charge in [-0.3, -0.25) is 4.79 Å². The zero-order valence-corrected chi connectivity index (χ0v) is 14.7. The van der Waals surface area contributed by atoms with Crippen molar-refractivity contribution >= 4 is 5.91 Å². The van der Waals surface area contributed by atoms with Crippen LogP contribution in [0.2, 0.25) is 0 Å². The summed E-state index contributed by atoms with van der Waals surface area (Å²) in [4.78, 5) is 12.9. The molecule has 0 bridgehead atoms. The van der Waals surface area contributed by atoms with Crippen molar-refractivity contribution in [2.45, 2.75) is 18.9 Å². The van der Waals surface area contributed by atoms with Crippen LogP contribution in [0.3, 0.4) is 0 Å². The van der Waals surface area contributed by atoms with E-state index in [9.17, 15) is 4.79 Å². The Morgan fingerprint density at radius 2 is 1.56 bits per heavy atom. The summed E-state index contributed by atoms with van der Waals surface area (Å²) in [6.45, 7) is 0. The molecule has 0 aliphatic heterocycles. The maximum atomic E-state index is 12.9. The van der Waals surface area contributed by atoms with Crippen molar-refractivity contribution in [1.82, 2.24) is 5.32 Å². The number of ether oxygens (including phenoxy) is 3. The quantitative estimate of drug-likeness (QED) is 0.836. The molecule has 0 spiro atoms. The first kappa shape index (κ1) is 17.1. The monoisotopic (exact) mass is 341 g/mol. The van der Waals surface area contributed by atoms with Crippen LogP contribution < -0.4 is 19.5 Å². The minimum Gasteiger partial charge on any atom is -0.496 e. The van der Waals surface area contributed by atoms with Gasteiger partial charge in [-0.05, 0) is 24.3 Å². The van der Waals surface area contributed by atoms with Gasteiger partial charge in [-0.25, -0.2) is 0 Å². The fourth-order valence-corrected chi connectivity index (χ4v) is 2.99. The summed E-state index contributed by atoms with van der Waals surface area (Å²) in [5.74, 6) is 1.78. The first-order valence-electron chi connectivity index (χ1n) is 8.33. The lowest BCUT2D eigenvalue weighted by atomic mass is 10.0. The lowest BCUT2D eigenvalue weighted by Gasteiger charge is -2.20. The van der Waals surface area contributed by atoms with Crippen LogP contribution in [0.15, 0.2) is 42.5 Å². The van der Waals surface area contributed by atoms with E-state index in [4.69, 9.17) is 14.2 Å². The van der Waals surface area contributed by atoms with Gasteiger partial charge >= 0.3 is 0 Å². The molecule has 1 atom stereocenters. The highest BCUT2D eigenvalue weighted by Crippen LogP contribution is 2.41. The van der Waals surface area contributed by atoms with Gasteiger partial charge in [0.15, 0.2) is 11.5 Å². The minimum atomic E-state index is -0.182. The van der Waals surface area contributed by atoms with Crippen molar-refractivity contribution in [2.24, 2.45) is 5.92 Å². The van der Waals surface area contributed by atoms with Crippen LogP contribution in [0, 0.1) is 5.92 Å². The molecule has 0 radical (unpaired) electrons. The number of benzene rings is 2. The second-order valence-corrected chi connectivity index (χ2v) is 6.11. The molecule has 1 aliphatic rings. The number of rotatable bonds is 7. The molecule has 25 heavy (non-hydrogen) atoms. The summed E-state index contributed by atoms with van der Waals surface area (Å²) >= 11 is 0. The second-order valence-electron chi connectivity index (χ2n) is 6.11. The van der Waals surface area contributed by atoms with E-state index in [0.717, 1.165) is 18.4 Å². The molecule has 5 nitrogen and oxygen atoms in total. The molecule has 3 rings (SSSR count). The van der Waals surface area contributed by atoms with Crippen LogP contribution in [0.4, 0.5) is 0 Å². The smallest absolute Gasteiger partial charge is 0.255 e. The average Bonchev–Trinajstić information content (AvgIpc) is 3.50. The highest BCUT2D eigenvalue weighted by atomic mass is 16.5. The predicted octanol–water partition coefficient (Wildman–Crippen LogP) is 3.59. The molecule has 2 aromatic rings. The van der Waals surface area contributed by atoms with E-state index in [1.54, 1.807) is 26.4 Å². The zero-order valence-electron chi connectivity index (χ0n) is 14.7. The van der Waals surface area contributed by atoms with Crippen LogP contribution in [-0.2, 0) is 0 Å². The molecule has 1 amide bonds. The van der Waals surface area contributed by atoms with Crippen molar-refractivity contribution < 1.29 is 19.0 Å². The molecular weight excluding hydrogens is 318 g/mol. The number of amides is 1. The first-order chi connectivity index (χ1) is 12.2. The molecule has 0 heterocycles. The van der Waals surface area contributed by atoms with Crippen molar-refractivity contribution in [1.29, 1.82) is 0 Å². The van der Waals surface area contributed by atoms with Crippen LogP contribution in [0.5, 0.6) is 17.2 Å². The van der Waals surface area contributed by atoms with Gasteiger partial charge in [0.25, 0.3) is 5.91 Å². The number of hydrogen-bond donors (Lipinski definition) is 1. The lowest BCUT2D eigenvalue weighted by Crippen LogP contribution is -2.30. The number of carbonyl (C=O) groups excluding carboxylic acids is 1. The van der Waals surface area contributed by atoms with E-state index < -0.39 is 0 Å². The maximum absolute atomic E-state index is 12.9. The Morgan fingerprint density at radius 1 is 0.960 bits per heavy atom. The molecule has 1 fully saturated rings. The molecular formula is C20H23NO4. The van der Waals surface area contributed by atoms with Gasteiger partial charge in [-0.15, -0.1) is 0 Å². The molecule has 0 saturated heterocycles. The van der Waals surface area contributed by atoms with E-state index in [0.29, 0.717) is 28.7 Å². The average molecular weight is 341 g/mol. The molecule has 2 aromatic carbocycles. The van der Waals surface area contributed by atoms with E-state index >= 15 is 0 Å². The SMILES string of the molecule is COc1cc(OC)c(C(=O)N[C@H](c2ccccc2)C2CC2)cc1OC. The van der Waals surface area contributed by atoms with Gasteiger partial charge in [0, 0.05) is 12.1 Å². The number of hydrogen-bond acceptors (Lipinski definition) is 4. The highest BCUT2D eigenvalue weighted by molar-refractivity contribution is 5.98. The Hall–Kier alpha value is -2.69. The normalized spacial score (nSPS) is 14.5. The van der Waals surface area contributed by atoms with Gasteiger partial charge in [-0.2, -0.15) is 0 Å². The van der Waals surface area contributed by atoms with Crippen molar-refractivity contribution in [2.75, 3.05) is 21.3 Å². The Bertz CT molecular complexity index is 741. The first-order valence-corrected chi connectivity index (χ1v) is 8.33. The second kappa shape index (κ2) is 7.47. The standard InChI is InChI=1S/C20H23NO4/c1-23-16-12-18(25-3)17(24-2)11-15(16)20(22)21-19(14-9-10-14)13-7-5-4-6-8-13/h4-8,11-12,14,19H,9-10H2,1-3H3,(H,21,22)/t19-/m1/s1. The van der Waals surface area contributed by atoms with Gasteiger partial charge in [0.2, 0.25) is 0 Å². The highest BCUT2D eigenvalue weighted by Gasteiger charge is 2.34. The van der Waals surface area contributed by atoms with Crippen LogP contribution in [0.25, 0.3) is 0 Å². The lowest BCUT2D eigenvalue weighted by molar-refractivity contribution is 0.0928. The van der Waals surface area contributed by atoms with Crippen LogP contribution in [-0.4, -0.2) is 27.2 Å². The number of methoxy groups -OCH3 is 3. The third-order valence-electron chi connectivity index (χ3n) is 4.49. The molecule has 5 heteroatoms. The zero-order chi connectivity index (χ0) is 17.8. The Labute approximate surface area is 147 Å².